The maximum absolute atomic E-state index is 13.4. The smallest absolute Gasteiger partial charge is 0.225 e. The van der Waals surface area contributed by atoms with E-state index in [2.05, 4.69) is 28.7 Å². The standard InChI is InChI=1S/C25H45N3O2/c1-21(18-22-8-4-3-5-9-22)23(29)28-13-12-25(30,24(19-28)10-6-7-11-24)20-27-16-14-26(2)15-17-27/h21-22,30H,3-20H2,1-2H3/t21-,25?/m1/s1. The number of rotatable bonds is 5. The number of β-amino-alcohol motifs (C(OH)–C–C–N with tert-alkyl or cyclic N) is 1. The van der Waals surface area contributed by atoms with Crippen molar-refractivity contribution < 1.29 is 9.90 Å². The number of nitrogens with zero attached hydrogens (tertiary/aromatic N) is 3. The van der Waals surface area contributed by atoms with Crippen molar-refractivity contribution in [1.82, 2.24) is 14.7 Å². The van der Waals surface area contributed by atoms with Gasteiger partial charge in [0.05, 0.1) is 5.60 Å². The van der Waals surface area contributed by atoms with Gasteiger partial charge in [-0.05, 0) is 38.6 Å². The topological polar surface area (TPSA) is 47.0 Å². The molecule has 2 aliphatic heterocycles. The molecule has 1 amide bonds. The number of likely N-dealkylation sites (tertiary alicyclic amines) is 1. The van der Waals surface area contributed by atoms with Crippen LogP contribution in [-0.4, -0.2) is 84.2 Å². The van der Waals surface area contributed by atoms with E-state index in [1.165, 1.54) is 44.9 Å². The van der Waals surface area contributed by atoms with Gasteiger partial charge in [0, 0.05) is 57.1 Å². The Labute approximate surface area is 184 Å². The minimum absolute atomic E-state index is 0.0885. The third-order valence-electron chi connectivity index (χ3n) is 9.06. The fraction of sp³-hybridized carbons (Fsp3) is 0.960. The van der Waals surface area contributed by atoms with Crippen molar-refractivity contribution in [3.05, 3.63) is 0 Å². The first-order valence-corrected chi connectivity index (χ1v) is 12.8. The maximum atomic E-state index is 13.4. The van der Waals surface area contributed by atoms with Crippen molar-refractivity contribution in [3.8, 4) is 0 Å². The molecule has 2 aliphatic carbocycles. The predicted molar refractivity (Wildman–Crippen MR) is 121 cm³/mol. The van der Waals surface area contributed by atoms with Crippen molar-refractivity contribution in [2.24, 2.45) is 17.3 Å². The van der Waals surface area contributed by atoms with E-state index in [4.69, 9.17) is 0 Å². The summed E-state index contributed by atoms with van der Waals surface area (Å²) in [6, 6.07) is 0. The van der Waals surface area contributed by atoms with Gasteiger partial charge in [0.25, 0.3) is 0 Å². The van der Waals surface area contributed by atoms with Crippen molar-refractivity contribution in [3.63, 3.8) is 0 Å². The minimum atomic E-state index is -0.636. The first-order chi connectivity index (χ1) is 14.4. The Bertz CT molecular complexity index is 577. The van der Waals surface area contributed by atoms with E-state index in [1.54, 1.807) is 0 Å². The van der Waals surface area contributed by atoms with E-state index in [0.717, 1.165) is 77.4 Å². The quantitative estimate of drug-likeness (QED) is 0.742. The molecule has 1 unspecified atom stereocenters. The highest BCUT2D eigenvalue weighted by Crippen LogP contribution is 2.51. The molecule has 1 spiro atoms. The Hall–Kier alpha value is -0.650. The molecule has 0 aromatic rings. The number of likely N-dealkylation sites (N-methyl/N-ethyl adjacent to an activating group) is 1. The lowest BCUT2D eigenvalue weighted by Gasteiger charge is -2.54. The predicted octanol–water partition coefficient (Wildman–Crippen LogP) is 3.36. The molecule has 0 aromatic heterocycles. The second kappa shape index (κ2) is 9.46. The van der Waals surface area contributed by atoms with Gasteiger partial charge in [-0.15, -0.1) is 0 Å². The summed E-state index contributed by atoms with van der Waals surface area (Å²) in [5.41, 5.74) is -0.725. The van der Waals surface area contributed by atoms with E-state index in [-0.39, 0.29) is 11.3 Å². The summed E-state index contributed by atoms with van der Waals surface area (Å²) in [5.74, 6) is 1.24. The van der Waals surface area contributed by atoms with Crippen LogP contribution in [0.15, 0.2) is 0 Å². The van der Waals surface area contributed by atoms with Gasteiger partial charge in [-0.3, -0.25) is 9.69 Å². The van der Waals surface area contributed by atoms with Crippen LogP contribution in [0.1, 0.15) is 77.6 Å². The van der Waals surface area contributed by atoms with E-state index in [0.29, 0.717) is 5.91 Å². The molecule has 4 fully saturated rings. The Morgan fingerprint density at radius 3 is 2.30 bits per heavy atom. The number of aliphatic hydroxyl groups is 1. The van der Waals surface area contributed by atoms with E-state index in [1.807, 2.05) is 0 Å². The zero-order valence-electron chi connectivity index (χ0n) is 19.6. The Kier molecular flexibility index (Phi) is 7.11. The Morgan fingerprint density at radius 1 is 0.967 bits per heavy atom. The highest BCUT2D eigenvalue weighted by molar-refractivity contribution is 5.78. The first kappa shape index (κ1) is 22.5. The van der Waals surface area contributed by atoms with Gasteiger partial charge in [0.15, 0.2) is 0 Å². The van der Waals surface area contributed by atoms with Crippen LogP contribution in [0, 0.1) is 17.3 Å². The second-order valence-corrected chi connectivity index (χ2v) is 11.2. The number of hydrogen-bond acceptors (Lipinski definition) is 4. The Morgan fingerprint density at radius 2 is 1.63 bits per heavy atom. The van der Waals surface area contributed by atoms with Gasteiger partial charge in [0.2, 0.25) is 5.91 Å². The Balaban J connectivity index is 1.39. The second-order valence-electron chi connectivity index (χ2n) is 11.2. The number of hydrogen-bond donors (Lipinski definition) is 1. The zero-order valence-corrected chi connectivity index (χ0v) is 19.6. The van der Waals surface area contributed by atoms with Crippen LogP contribution in [0.3, 0.4) is 0 Å². The van der Waals surface area contributed by atoms with E-state index in [9.17, 15) is 9.90 Å². The molecule has 0 bridgehead atoms. The van der Waals surface area contributed by atoms with Gasteiger partial charge < -0.3 is 14.9 Å². The number of carbonyl (C=O) groups is 1. The van der Waals surface area contributed by atoms with Gasteiger partial charge in [0.1, 0.15) is 0 Å². The number of piperazine rings is 1. The molecule has 4 aliphatic rings. The van der Waals surface area contributed by atoms with Crippen LogP contribution in [0.5, 0.6) is 0 Å². The first-order valence-electron chi connectivity index (χ1n) is 12.8. The third kappa shape index (κ3) is 4.73. The zero-order chi connectivity index (χ0) is 21.2. The van der Waals surface area contributed by atoms with Crippen LogP contribution in [0.25, 0.3) is 0 Å². The lowest BCUT2D eigenvalue weighted by molar-refractivity contribution is -0.165. The molecule has 172 valence electrons. The molecule has 5 heteroatoms. The van der Waals surface area contributed by atoms with Gasteiger partial charge in [-0.25, -0.2) is 0 Å². The molecule has 2 heterocycles. The third-order valence-corrected chi connectivity index (χ3v) is 9.06. The van der Waals surface area contributed by atoms with Crippen molar-refractivity contribution in [2.45, 2.75) is 83.2 Å². The molecular weight excluding hydrogens is 374 g/mol. The van der Waals surface area contributed by atoms with Crippen LogP contribution >= 0.6 is 0 Å². The van der Waals surface area contributed by atoms with Gasteiger partial charge >= 0.3 is 0 Å². The summed E-state index contributed by atoms with van der Waals surface area (Å²) in [6.45, 7) is 8.75. The molecule has 2 atom stereocenters. The summed E-state index contributed by atoms with van der Waals surface area (Å²) in [7, 11) is 2.18. The summed E-state index contributed by atoms with van der Waals surface area (Å²) in [5, 5.41) is 11.9. The summed E-state index contributed by atoms with van der Waals surface area (Å²) < 4.78 is 0. The lowest BCUT2D eigenvalue weighted by Crippen LogP contribution is -2.65. The lowest BCUT2D eigenvalue weighted by atomic mass is 9.65. The summed E-state index contributed by atoms with van der Waals surface area (Å²) in [6.07, 6.45) is 13.1. The van der Waals surface area contributed by atoms with Gasteiger partial charge in [-0.1, -0.05) is 51.9 Å². The van der Waals surface area contributed by atoms with Crippen LogP contribution in [0.4, 0.5) is 0 Å². The molecular formula is C25H45N3O2. The van der Waals surface area contributed by atoms with Crippen molar-refractivity contribution in [2.75, 3.05) is 52.9 Å². The summed E-state index contributed by atoms with van der Waals surface area (Å²) in [4.78, 5) is 20.4. The molecule has 2 saturated heterocycles. The largest absolute Gasteiger partial charge is 0.388 e. The molecule has 0 radical (unpaired) electrons. The molecule has 30 heavy (non-hydrogen) atoms. The highest BCUT2D eigenvalue weighted by atomic mass is 16.3. The van der Waals surface area contributed by atoms with Gasteiger partial charge in [-0.2, -0.15) is 0 Å². The maximum Gasteiger partial charge on any atom is 0.225 e. The van der Waals surface area contributed by atoms with E-state index < -0.39 is 5.60 Å². The number of carbonyl (C=O) groups excluding carboxylic acids is 1. The average Bonchev–Trinajstić information content (AvgIpc) is 3.22. The molecule has 4 rings (SSSR count). The highest BCUT2D eigenvalue weighted by Gasteiger charge is 2.56. The normalized spacial score (nSPS) is 32.6. The minimum Gasteiger partial charge on any atom is -0.388 e. The fourth-order valence-electron chi connectivity index (χ4n) is 7.00. The summed E-state index contributed by atoms with van der Waals surface area (Å²) >= 11 is 0. The van der Waals surface area contributed by atoms with Crippen molar-refractivity contribution in [1.29, 1.82) is 0 Å². The molecule has 1 N–H and O–H groups in total. The molecule has 5 nitrogen and oxygen atoms in total. The van der Waals surface area contributed by atoms with E-state index >= 15 is 0 Å². The van der Waals surface area contributed by atoms with Crippen LogP contribution < -0.4 is 0 Å². The van der Waals surface area contributed by atoms with Crippen molar-refractivity contribution >= 4 is 5.91 Å². The SMILES string of the molecule is C[C@H](CC1CCCCC1)C(=O)N1CCC(O)(CN2CCN(C)CC2)C2(CCCC2)C1. The van der Waals surface area contributed by atoms with Crippen LogP contribution in [0.2, 0.25) is 0 Å². The fourth-order valence-corrected chi connectivity index (χ4v) is 7.00. The van der Waals surface area contributed by atoms with Crippen LogP contribution in [-0.2, 0) is 4.79 Å². The monoisotopic (exact) mass is 419 g/mol. The molecule has 2 saturated carbocycles. The number of piperidine rings is 1. The molecule has 0 aromatic carbocycles. The average molecular weight is 420 g/mol. The number of amides is 1.